The highest BCUT2D eigenvalue weighted by atomic mass is 19.4. The summed E-state index contributed by atoms with van der Waals surface area (Å²) in [7, 11) is 0. The molecule has 140 valence electrons. The van der Waals surface area contributed by atoms with E-state index in [1.807, 2.05) is 0 Å². The standard InChI is InChI=1S/C17H18F3N3O3/c1-2-14(24)21-12-7-5-11(6-8-12)15(25)22-13-4-3-9-23(16(13)26)10-17(18,19)20/h2,5-8,13H,1,3-4,9-10H2,(H,21,24)(H,22,25). The monoisotopic (exact) mass is 369 g/mol. The van der Waals surface area contributed by atoms with E-state index in [1.165, 1.54) is 24.3 Å². The molecule has 1 heterocycles. The first-order valence-corrected chi connectivity index (χ1v) is 7.89. The van der Waals surface area contributed by atoms with Gasteiger partial charge in [0.15, 0.2) is 0 Å². The summed E-state index contributed by atoms with van der Waals surface area (Å²) in [5.74, 6) is -1.71. The lowest BCUT2D eigenvalue weighted by molar-refractivity contribution is -0.164. The Morgan fingerprint density at radius 2 is 1.92 bits per heavy atom. The maximum atomic E-state index is 12.5. The van der Waals surface area contributed by atoms with E-state index in [0.29, 0.717) is 17.0 Å². The molecule has 2 rings (SSSR count). The second-order valence-corrected chi connectivity index (χ2v) is 5.81. The number of nitrogens with one attached hydrogen (secondary N) is 2. The number of carbonyl (C=O) groups excluding carboxylic acids is 3. The van der Waals surface area contributed by atoms with Gasteiger partial charge < -0.3 is 15.5 Å². The first-order valence-electron chi connectivity index (χ1n) is 7.89. The van der Waals surface area contributed by atoms with Crippen LogP contribution >= 0.6 is 0 Å². The first kappa shape index (κ1) is 19.5. The molecule has 3 amide bonds. The van der Waals surface area contributed by atoms with Crippen molar-refractivity contribution in [3.63, 3.8) is 0 Å². The maximum Gasteiger partial charge on any atom is 0.406 e. The summed E-state index contributed by atoms with van der Waals surface area (Å²) >= 11 is 0. The van der Waals surface area contributed by atoms with Crippen LogP contribution in [0.3, 0.4) is 0 Å². The van der Waals surface area contributed by atoms with E-state index in [4.69, 9.17) is 0 Å². The van der Waals surface area contributed by atoms with E-state index < -0.39 is 36.5 Å². The second kappa shape index (κ2) is 8.03. The predicted molar refractivity (Wildman–Crippen MR) is 88.4 cm³/mol. The molecule has 1 aliphatic heterocycles. The fourth-order valence-corrected chi connectivity index (χ4v) is 2.59. The van der Waals surface area contributed by atoms with Gasteiger partial charge in [-0.25, -0.2) is 0 Å². The van der Waals surface area contributed by atoms with Crippen LogP contribution in [-0.4, -0.2) is 47.9 Å². The zero-order valence-corrected chi connectivity index (χ0v) is 13.8. The summed E-state index contributed by atoms with van der Waals surface area (Å²) < 4.78 is 37.5. The third-order valence-corrected chi connectivity index (χ3v) is 3.81. The number of likely N-dealkylation sites (tertiary alicyclic amines) is 1. The quantitative estimate of drug-likeness (QED) is 0.781. The number of benzene rings is 1. The largest absolute Gasteiger partial charge is 0.406 e. The third-order valence-electron chi connectivity index (χ3n) is 3.81. The van der Waals surface area contributed by atoms with Gasteiger partial charge >= 0.3 is 6.18 Å². The number of hydrogen-bond donors (Lipinski definition) is 2. The number of halogens is 3. The molecule has 1 atom stereocenters. The van der Waals surface area contributed by atoms with Crippen LogP contribution in [0, 0.1) is 0 Å². The highest BCUT2D eigenvalue weighted by molar-refractivity contribution is 6.00. The molecule has 6 nitrogen and oxygen atoms in total. The van der Waals surface area contributed by atoms with Crippen LogP contribution in [-0.2, 0) is 9.59 Å². The summed E-state index contributed by atoms with van der Waals surface area (Å²) in [4.78, 5) is 36.3. The Morgan fingerprint density at radius 1 is 1.27 bits per heavy atom. The minimum Gasteiger partial charge on any atom is -0.340 e. The van der Waals surface area contributed by atoms with Crippen molar-refractivity contribution < 1.29 is 27.6 Å². The molecule has 0 saturated carbocycles. The van der Waals surface area contributed by atoms with Gasteiger partial charge in [0.25, 0.3) is 5.91 Å². The average molecular weight is 369 g/mol. The molecule has 0 radical (unpaired) electrons. The van der Waals surface area contributed by atoms with Crippen LogP contribution in [0.1, 0.15) is 23.2 Å². The van der Waals surface area contributed by atoms with Gasteiger partial charge in [-0.3, -0.25) is 14.4 Å². The molecule has 1 aliphatic rings. The molecular weight excluding hydrogens is 351 g/mol. The van der Waals surface area contributed by atoms with Crippen molar-refractivity contribution >= 4 is 23.4 Å². The van der Waals surface area contributed by atoms with Crippen molar-refractivity contribution in [3.8, 4) is 0 Å². The number of anilines is 1. The summed E-state index contributed by atoms with van der Waals surface area (Å²) in [5, 5.41) is 4.99. The van der Waals surface area contributed by atoms with E-state index in [9.17, 15) is 27.6 Å². The Morgan fingerprint density at radius 3 is 2.50 bits per heavy atom. The van der Waals surface area contributed by atoms with Crippen LogP contribution in [0.15, 0.2) is 36.9 Å². The molecule has 9 heteroatoms. The molecule has 1 unspecified atom stereocenters. The van der Waals surface area contributed by atoms with Gasteiger partial charge in [-0.1, -0.05) is 6.58 Å². The van der Waals surface area contributed by atoms with E-state index in [1.54, 1.807) is 0 Å². The van der Waals surface area contributed by atoms with Gasteiger partial charge in [0.1, 0.15) is 12.6 Å². The number of hydrogen-bond acceptors (Lipinski definition) is 3. The van der Waals surface area contributed by atoms with Crippen molar-refractivity contribution in [2.24, 2.45) is 0 Å². The van der Waals surface area contributed by atoms with Gasteiger partial charge in [-0.05, 0) is 43.2 Å². The number of amides is 3. The summed E-state index contributed by atoms with van der Waals surface area (Å²) in [6.07, 6.45) is -2.72. The lowest BCUT2D eigenvalue weighted by atomic mass is 10.0. The average Bonchev–Trinajstić information content (AvgIpc) is 2.57. The lowest BCUT2D eigenvalue weighted by Crippen LogP contribution is -2.54. The number of rotatable bonds is 5. The molecule has 0 aliphatic carbocycles. The molecule has 1 aromatic rings. The highest BCUT2D eigenvalue weighted by Crippen LogP contribution is 2.21. The van der Waals surface area contributed by atoms with Crippen LogP contribution in [0.4, 0.5) is 18.9 Å². The normalized spacial score (nSPS) is 17.6. The molecule has 0 spiro atoms. The first-order chi connectivity index (χ1) is 12.2. The molecule has 2 N–H and O–H groups in total. The zero-order valence-electron chi connectivity index (χ0n) is 13.8. The van der Waals surface area contributed by atoms with E-state index in [-0.39, 0.29) is 18.5 Å². The Balaban J connectivity index is 1.99. The van der Waals surface area contributed by atoms with Gasteiger partial charge in [0.05, 0.1) is 0 Å². The van der Waals surface area contributed by atoms with Gasteiger partial charge in [-0.2, -0.15) is 13.2 Å². The molecule has 1 saturated heterocycles. The third kappa shape index (κ3) is 5.33. The molecule has 1 fully saturated rings. The summed E-state index contributed by atoms with van der Waals surface area (Å²) in [6, 6.07) is 4.88. The Labute approximate surface area is 148 Å². The van der Waals surface area contributed by atoms with Crippen molar-refractivity contribution in [1.82, 2.24) is 10.2 Å². The lowest BCUT2D eigenvalue weighted by Gasteiger charge is -2.33. The Kier molecular flexibility index (Phi) is 6.01. The van der Waals surface area contributed by atoms with E-state index in [2.05, 4.69) is 17.2 Å². The minimum atomic E-state index is -4.48. The van der Waals surface area contributed by atoms with Gasteiger partial charge in [0.2, 0.25) is 11.8 Å². The predicted octanol–water partition coefficient (Wildman–Crippen LogP) is 2.09. The molecular formula is C17H18F3N3O3. The number of alkyl halides is 3. The number of nitrogens with zero attached hydrogens (tertiary/aromatic N) is 1. The maximum absolute atomic E-state index is 12.5. The zero-order chi connectivity index (χ0) is 19.3. The van der Waals surface area contributed by atoms with E-state index >= 15 is 0 Å². The smallest absolute Gasteiger partial charge is 0.340 e. The Hall–Kier alpha value is -2.84. The van der Waals surface area contributed by atoms with Gasteiger partial charge in [0, 0.05) is 17.8 Å². The van der Waals surface area contributed by atoms with E-state index in [0.717, 1.165) is 6.08 Å². The molecule has 0 bridgehead atoms. The topological polar surface area (TPSA) is 78.5 Å². The second-order valence-electron chi connectivity index (χ2n) is 5.81. The number of carbonyl (C=O) groups is 3. The van der Waals surface area contributed by atoms with Crippen LogP contribution in [0.2, 0.25) is 0 Å². The van der Waals surface area contributed by atoms with Crippen molar-refractivity contribution in [2.75, 3.05) is 18.4 Å². The summed E-state index contributed by atoms with van der Waals surface area (Å²) in [6.45, 7) is 2.01. The number of piperidine rings is 1. The molecule has 26 heavy (non-hydrogen) atoms. The Bertz CT molecular complexity index is 701. The minimum absolute atomic E-state index is 0.0163. The highest BCUT2D eigenvalue weighted by Gasteiger charge is 2.37. The van der Waals surface area contributed by atoms with Crippen LogP contribution in [0.5, 0.6) is 0 Å². The SMILES string of the molecule is C=CC(=O)Nc1ccc(C(=O)NC2CCCN(CC(F)(F)F)C2=O)cc1. The molecule has 1 aromatic carbocycles. The van der Waals surface area contributed by atoms with Crippen molar-refractivity contribution in [1.29, 1.82) is 0 Å². The fraction of sp³-hybridized carbons (Fsp3) is 0.353. The van der Waals surface area contributed by atoms with Crippen molar-refractivity contribution in [3.05, 3.63) is 42.5 Å². The fourth-order valence-electron chi connectivity index (χ4n) is 2.59. The summed E-state index contributed by atoms with van der Waals surface area (Å²) in [5.41, 5.74) is 0.680. The van der Waals surface area contributed by atoms with Crippen LogP contribution < -0.4 is 10.6 Å². The van der Waals surface area contributed by atoms with Gasteiger partial charge in [-0.15, -0.1) is 0 Å². The van der Waals surface area contributed by atoms with Crippen LogP contribution in [0.25, 0.3) is 0 Å². The molecule has 0 aromatic heterocycles. The van der Waals surface area contributed by atoms with Crippen molar-refractivity contribution in [2.45, 2.75) is 25.1 Å².